The first kappa shape index (κ1) is 13.8. The maximum atomic E-state index is 12.0. The summed E-state index contributed by atoms with van der Waals surface area (Å²) >= 11 is 0. The highest BCUT2D eigenvalue weighted by molar-refractivity contribution is 5.73. The predicted octanol–water partition coefficient (Wildman–Crippen LogP) is 1.22. The molecule has 1 aromatic carbocycles. The zero-order valence-electron chi connectivity index (χ0n) is 11.6. The third-order valence-corrected chi connectivity index (χ3v) is 3.88. The van der Waals surface area contributed by atoms with Gasteiger partial charge in [0.2, 0.25) is 0 Å². The smallest absolute Gasteiger partial charge is 0.303 e. The average Bonchev–Trinajstić information content (AvgIpc) is 2.86. The lowest BCUT2D eigenvalue weighted by Gasteiger charge is -2.14. The van der Waals surface area contributed by atoms with E-state index in [0.717, 1.165) is 24.0 Å². The number of H-pyrrole nitrogens is 1. The van der Waals surface area contributed by atoms with Crippen molar-refractivity contribution < 1.29 is 9.90 Å². The molecular formula is C15H17N3O3. The minimum Gasteiger partial charge on any atom is -0.481 e. The number of carbonyl (C=O) groups is 1. The van der Waals surface area contributed by atoms with Gasteiger partial charge in [0.25, 0.3) is 5.56 Å². The maximum Gasteiger partial charge on any atom is 0.303 e. The molecule has 2 aromatic rings. The van der Waals surface area contributed by atoms with Crippen LogP contribution in [-0.4, -0.2) is 39.0 Å². The standard InChI is InChI=1S/C15H17N3O3/c19-14(20)7-10-5-6-18(8-10)9-13-15(21)17-12-4-2-1-3-11(12)16-13/h1-4,10H,5-9H2,(H,17,21)(H,19,20). The van der Waals surface area contributed by atoms with Crippen molar-refractivity contribution in [1.29, 1.82) is 0 Å². The Bertz CT molecular complexity index is 725. The molecule has 1 atom stereocenters. The number of carboxylic acids is 1. The fourth-order valence-corrected chi connectivity index (χ4v) is 2.86. The third-order valence-electron chi connectivity index (χ3n) is 3.88. The van der Waals surface area contributed by atoms with Crippen molar-refractivity contribution in [3.63, 3.8) is 0 Å². The molecule has 1 saturated heterocycles. The van der Waals surface area contributed by atoms with Crippen LogP contribution in [0.1, 0.15) is 18.5 Å². The number of likely N-dealkylation sites (tertiary alicyclic amines) is 1. The number of rotatable bonds is 4. The Morgan fingerprint density at radius 2 is 2.24 bits per heavy atom. The number of aliphatic carboxylic acids is 1. The molecule has 0 radical (unpaired) electrons. The summed E-state index contributed by atoms with van der Waals surface area (Å²) in [6, 6.07) is 7.44. The van der Waals surface area contributed by atoms with Gasteiger partial charge in [-0.3, -0.25) is 14.5 Å². The van der Waals surface area contributed by atoms with Crippen LogP contribution in [0.25, 0.3) is 11.0 Å². The number of para-hydroxylation sites is 2. The number of hydrogen-bond donors (Lipinski definition) is 2. The van der Waals surface area contributed by atoms with Crippen molar-refractivity contribution in [2.45, 2.75) is 19.4 Å². The highest BCUT2D eigenvalue weighted by Crippen LogP contribution is 2.20. The van der Waals surface area contributed by atoms with E-state index in [1.54, 1.807) is 0 Å². The number of aromatic nitrogens is 2. The molecule has 0 saturated carbocycles. The zero-order valence-corrected chi connectivity index (χ0v) is 11.6. The fraction of sp³-hybridized carbons (Fsp3) is 0.400. The average molecular weight is 287 g/mol. The molecule has 1 aliphatic heterocycles. The zero-order chi connectivity index (χ0) is 14.8. The van der Waals surface area contributed by atoms with E-state index in [2.05, 4.69) is 14.9 Å². The van der Waals surface area contributed by atoms with Crippen LogP contribution in [0.15, 0.2) is 29.1 Å². The van der Waals surface area contributed by atoms with E-state index in [0.29, 0.717) is 18.8 Å². The Kier molecular flexibility index (Phi) is 3.70. The van der Waals surface area contributed by atoms with Crippen LogP contribution in [0.3, 0.4) is 0 Å². The number of benzene rings is 1. The van der Waals surface area contributed by atoms with E-state index >= 15 is 0 Å². The Balaban J connectivity index is 1.75. The molecule has 1 fully saturated rings. The lowest BCUT2D eigenvalue weighted by atomic mass is 10.1. The molecular weight excluding hydrogens is 270 g/mol. The topological polar surface area (TPSA) is 86.3 Å². The van der Waals surface area contributed by atoms with Crippen LogP contribution in [0.5, 0.6) is 0 Å². The first-order chi connectivity index (χ1) is 10.1. The van der Waals surface area contributed by atoms with Crippen molar-refractivity contribution in [3.8, 4) is 0 Å². The molecule has 3 rings (SSSR count). The number of nitrogens with one attached hydrogen (secondary N) is 1. The van der Waals surface area contributed by atoms with Crippen LogP contribution in [-0.2, 0) is 11.3 Å². The molecule has 1 aromatic heterocycles. The van der Waals surface area contributed by atoms with Gasteiger partial charge in [0.15, 0.2) is 0 Å². The normalized spacial score (nSPS) is 19.1. The van der Waals surface area contributed by atoms with Crippen molar-refractivity contribution in [1.82, 2.24) is 14.9 Å². The largest absolute Gasteiger partial charge is 0.481 e. The van der Waals surface area contributed by atoms with Gasteiger partial charge < -0.3 is 10.1 Å². The number of aromatic amines is 1. The van der Waals surface area contributed by atoms with Gasteiger partial charge in [0.05, 0.1) is 11.0 Å². The lowest BCUT2D eigenvalue weighted by molar-refractivity contribution is -0.138. The summed E-state index contributed by atoms with van der Waals surface area (Å²) in [5.74, 6) is -0.592. The summed E-state index contributed by atoms with van der Waals surface area (Å²) in [5, 5.41) is 8.83. The van der Waals surface area contributed by atoms with Gasteiger partial charge in [-0.2, -0.15) is 0 Å². The molecule has 1 unspecified atom stereocenters. The Hall–Kier alpha value is -2.21. The van der Waals surface area contributed by atoms with E-state index in [9.17, 15) is 9.59 Å². The minimum absolute atomic E-state index is 0.169. The Labute approximate surface area is 121 Å². The number of nitrogens with zero attached hydrogens (tertiary/aromatic N) is 2. The van der Waals surface area contributed by atoms with E-state index in [1.807, 2.05) is 24.3 Å². The van der Waals surface area contributed by atoms with Gasteiger partial charge in [-0.15, -0.1) is 0 Å². The van der Waals surface area contributed by atoms with Crippen molar-refractivity contribution in [2.75, 3.05) is 13.1 Å². The van der Waals surface area contributed by atoms with E-state index in [-0.39, 0.29) is 17.9 Å². The molecule has 6 nitrogen and oxygen atoms in total. The van der Waals surface area contributed by atoms with E-state index in [4.69, 9.17) is 5.11 Å². The van der Waals surface area contributed by atoms with E-state index < -0.39 is 5.97 Å². The number of fused-ring (bicyclic) bond motifs is 1. The van der Waals surface area contributed by atoms with Gasteiger partial charge in [0, 0.05) is 19.5 Å². The summed E-state index contributed by atoms with van der Waals surface area (Å²) < 4.78 is 0. The van der Waals surface area contributed by atoms with Gasteiger partial charge in [-0.05, 0) is 31.0 Å². The maximum absolute atomic E-state index is 12.0. The molecule has 21 heavy (non-hydrogen) atoms. The van der Waals surface area contributed by atoms with Crippen LogP contribution in [0.4, 0.5) is 0 Å². The number of hydrogen-bond acceptors (Lipinski definition) is 4. The molecule has 0 aliphatic carbocycles. The fourth-order valence-electron chi connectivity index (χ4n) is 2.86. The molecule has 2 heterocycles. The molecule has 6 heteroatoms. The summed E-state index contributed by atoms with van der Waals surface area (Å²) in [6.07, 6.45) is 1.05. The summed E-state index contributed by atoms with van der Waals surface area (Å²) in [6.45, 7) is 1.99. The Morgan fingerprint density at radius 1 is 1.43 bits per heavy atom. The SMILES string of the molecule is O=C(O)CC1CCN(Cc2nc3ccccc3[nH]c2=O)C1. The minimum atomic E-state index is -0.761. The van der Waals surface area contributed by atoms with Crippen LogP contribution in [0, 0.1) is 5.92 Å². The van der Waals surface area contributed by atoms with Gasteiger partial charge >= 0.3 is 5.97 Å². The highest BCUT2D eigenvalue weighted by Gasteiger charge is 2.25. The third kappa shape index (κ3) is 3.11. The Morgan fingerprint density at radius 3 is 3.05 bits per heavy atom. The van der Waals surface area contributed by atoms with Crippen LogP contribution >= 0.6 is 0 Å². The summed E-state index contributed by atoms with van der Waals surface area (Å²) in [7, 11) is 0. The predicted molar refractivity (Wildman–Crippen MR) is 78.0 cm³/mol. The molecule has 110 valence electrons. The quantitative estimate of drug-likeness (QED) is 0.883. The second-order valence-corrected chi connectivity index (χ2v) is 5.52. The van der Waals surface area contributed by atoms with Crippen molar-refractivity contribution in [3.05, 3.63) is 40.3 Å². The first-order valence-electron chi connectivity index (χ1n) is 7.04. The first-order valence-corrected chi connectivity index (χ1v) is 7.04. The molecule has 2 N–H and O–H groups in total. The lowest BCUT2D eigenvalue weighted by Crippen LogP contribution is -2.26. The van der Waals surface area contributed by atoms with Gasteiger partial charge in [-0.1, -0.05) is 12.1 Å². The van der Waals surface area contributed by atoms with Crippen LogP contribution in [0.2, 0.25) is 0 Å². The second kappa shape index (κ2) is 5.65. The molecule has 0 bridgehead atoms. The monoisotopic (exact) mass is 287 g/mol. The molecule has 0 spiro atoms. The second-order valence-electron chi connectivity index (χ2n) is 5.52. The van der Waals surface area contributed by atoms with Gasteiger partial charge in [0.1, 0.15) is 5.69 Å². The summed E-state index contributed by atoms with van der Waals surface area (Å²) in [4.78, 5) is 32.1. The number of carboxylic acid groups (broad SMARTS) is 1. The highest BCUT2D eigenvalue weighted by atomic mass is 16.4. The summed E-state index contributed by atoms with van der Waals surface area (Å²) in [5.41, 5.74) is 1.82. The van der Waals surface area contributed by atoms with E-state index in [1.165, 1.54) is 0 Å². The molecule has 0 amide bonds. The van der Waals surface area contributed by atoms with Crippen molar-refractivity contribution >= 4 is 17.0 Å². The van der Waals surface area contributed by atoms with Crippen LogP contribution < -0.4 is 5.56 Å². The molecule has 1 aliphatic rings. The van der Waals surface area contributed by atoms with Crippen molar-refractivity contribution in [2.24, 2.45) is 5.92 Å². The van der Waals surface area contributed by atoms with Gasteiger partial charge in [-0.25, -0.2) is 4.98 Å².